The lowest BCUT2D eigenvalue weighted by atomic mass is 10.0. The van der Waals surface area contributed by atoms with Gasteiger partial charge in [0.05, 0.1) is 23.0 Å². The molecule has 0 saturated carbocycles. The molecule has 0 aliphatic carbocycles. The standard InChI is InChI=1S/C21H21ClN2O3/c1-14-20(22)15(2)24(23-14)12-18(25)13-27-19-10-8-17(9-11-19)21(26)16-6-4-3-5-7-16/h3-11,18,25H,12-13H2,1-2H3/t18-/m1/s1. The van der Waals surface area contributed by atoms with Crippen molar-refractivity contribution in [3.05, 3.63) is 82.1 Å². The summed E-state index contributed by atoms with van der Waals surface area (Å²) in [5, 5.41) is 15.1. The zero-order chi connectivity index (χ0) is 19.4. The smallest absolute Gasteiger partial charge is 0.193 e. The lowest BCUT2D eigenvalue weighted by Gasteiger charge is -2.14. The van der Waals surface area contributed by atoms with Crippen molar-refractivity contribution in [2.45, 2.75) is 26.5 Å². The Bertz CT molecular complexity index is 921. The van der Waals surface area contributed by atoms with E-state index < -0.39 is 6.10 Å². The number of aromatic nitrogens is 2. The topological polar surface area (TPSA) is 64.3 Å². The lowest BCUT2D eigenvalue weighted by molar-refractivity contribution is 0.0886. The average Bonchev–Trinajstić information content (AvgIpc) is 2.93. The van der Waals surface area contributed by atoms with Gasteiger partial charge < -0.3 is 9.84 Å². The molecule has 0 spiro atoms. The number of halogens is 1. The molecule has 1 aromatic heterocycles. The Balaban J connectivity index is 1.57. The minimum absolute atomic E-state index is 0.0383. The largest absolute Gasteiger partial charge is 0.491 e. The van der Waals surface area contributed by atoms with Crippen LogP contribution < -0.4 is 4.74 Å². The number of aliphatic hydroxyl groups excluding tert-OH is 1. The van der Waals surface area contributed by atoms with E-state index in [0.29, 0.717) is 28.4 Å². The average molecular weight is 385 g/mol. The first-order valence-corrected chi connectivity index (χ1v) is 9.03. The fraction of sp³-hybridized carbons (Fsp3) is 0.238. The molecular formula is C21H21ClN2O3. The summed E-state index contributed by atoms with van der Waals surface area (Å²) in [6, 6.07) is 16.0. The molecule has 0 aliphatic rings. The molecule has 1 heterocycles. The fourth-order valence-corrected chi connectivity index (χ4v) is 2.89. The Morgan fingerprint density at radius 3 is 2.33 bits per heavy atom. The van der Waals surface area contributed by atoms with E-state index in [4.69, 9.17) is 16.3 Å². The van der Waals surface area contributed by atoms with Crippen LogP contribution in [0.4, 0.5) is 0 Å². The van der Waals surface area contributed by atoms with Crippen LogP contribution >= 0.6 is 11.6 Å². The van der Waals surface area contributed by atoms with Crippen LogP contribution in [0.2, 0.25) is 5.02 Å². The SMILES string of the molecule is Cc1nn(C[C@@H](O)COc2ccc(C(=O)c3ccccc3)cc2)c(C)c1Cl. The third kappa shape index (κ3) is 4.56. The Kier molecular flexibility index (Phi) is 5.94. The highest BCUT2D eigenvalue weighted by Gasteiger charge is 2.14. The molecule has 1 N–H and O–H groups in total. The number of hydrogen-bond donors (Lipinski definition) is 1. The van der Waals surface area contributed by atoms with Crippen molar-refractivity contribution in [2.24, 2.45) is 0 Å². The number of ketones is 1. The number of nitrogens with zero attached hydrogens (tertiary/aromatic N) is 2. The Hall–Kier alpha value is -2.63. The highest BCUT2D eigenvalue weighted by atomic mass is 35.5. The minimum Gasteiger partial charge on any atom is -0.491 e. The predicted molar refractivity (Wildman–Crippen MR) is 105 cm³/mol. The third-order valence-corrected chi connectivity index (χ3v) is 4.82. The van der Waals surface area contributed by atoms with Crippen LogP contribution in [-0.4, -0.2) is 33.4 Å². The zero-order valence-corrected chi connectivity index (χ0v) is 16.0. The van der Waals surface area contributed by atoms with Crippen LogP contribution in [0.1, 0.15) is 27.3 Å². The van der Waals surface area contributed by atoms with Gasteiger partial charge in [0.1, 0.15) is 18.5 Å². The predicted octanol–water partition coefficient (Wildman–Crippen LogP) is 3.82. The molecule has 0 radical (unpaired) electrons. The van der Waals surface area contributed by atoms with E-state index in [0.717, 1.165) is 11.4 Å². The number of rotatable bonds is 7. The number of ether oxygens (including phenoxy) is 1. The molecule has 6 heteroatoms. The summed E-state index contributed by atoms with van der Waals surface area (Å²) >= 11 is 6.12. The summed E-state index contributed by atoms with van der Waals surface area (Å²) < 4.78 is 7.30. The Labute approximate surface area is 163 Å². The molecule has 2 aromatic carbocycles. The summed E-state index contributed by atoms with van der Waals surface area (Å²) in [7, 11) is 0. The van der Waals surface area contributed by atoms with Crippen LogP contribution in [0.3, 0.4) is 0 Å². The monoisotopic (exact) mass is 384 g/mol. The van der Waals surface area contributed by atoms with Crippen molar-refractivity contribution >= 4 is 17.4 Å². The number of carbonyl (C=O) groups excluding carboxylic acids is 1. The second-order valence-corrected chi connectivity index (χ2v) is 6.73. The molecule has 0 amide bonds. The molecule has 0 unspecified atom stereocenters. The molecule has 0 aliphatic heterocycles. The van der Waals surface area contributed by atoms with Gasteiger partial charge in [0.25, 0.3) is 0 Å². The van der Waals surface area contributed by atoms with Gasteiger partial charge in [-0.05, 0) is 38.1 Å². The van der Waals surface area contributed by atoms with Gasteiger partial charge >= 0.3 is 0 Å². The van der Waals surface area contributed by atoms with Gasteiger partial charge in [0, 0.05) is 11.1 Å². The van der Waals surface area contributed by atoms with Crippen LogP contribution in [0, 0.1) is 13.8 Å². The normalized spacial score (nSPS) is 12.0. The Morgan fingerprint density at radius 2 is 1.74 bits per heavy atom. The molecule has 5 nitrogen and oxygen atoms in total. The highest BCUT2D eigenvalue weighted by Crippen LogP contribution is 2.19. The molecule has 27 heavy (non-hydrogen) atoms. The maximum absolute atomic E-state index is 12.4. The van der Waals surface area contributed by atoms with Crippen LogP contribution in [-0.2, 0) is 6.54 Å². The van der Waals surface area contributed by atoms with Crippen molar-refractivity contribution in [3.63, 3.8) is 0 Å². The van der Waals surface area contributed by atoms with Gasteiger partial charge in [-0.25, -0.2) is 0 Å². The van der Waals surface area contributed by atoms with E-state index in [9.17, 15) is 9.90 Å². The van der Waals surface area contributed by atoms with E-state index >= 15 is 0 Å². The molecule has 3 rings (SSSR count). The zero-order valence-electron chi connectivity index (χ0n) is 15.2. The Morgan fingerprint density at radius 1 is 1.11 bits per heavy atom. The summed E-state index contributed by atoms with van der Waals surface area (Å²) in [6.45, 7) is 4.09. The van der Waals surface area contributed by atoms with Crippen molar-refractivity contribution < 1.29 is 14.6 Å². The lowest BCUT2D eigenvalue weighted by Crippen LogP contribution is -2.24. The van der Waals surface area contributed by atoms with Gasteiger partial charge in [-0.1, -0.05) is 41.9 Å². The maximum Gasteiger partial charge on any atom is 0.193 e. The third-order valence-electron chi connectivity index (χ3n) is 4.27. The molecule has 1 atom stereocenters. The minimum atomic E-state index is -0.732. The summed E-state index contributed by atoms with van der Waals surface area (Å²) in [4.78, 5) is 12.4. The van der Waals surface area contributed by atoms with Gasteiger partial charge in [0.2, 0.25) is 0 Å². The molecule has 0 fully saturated rings. The van der Waals surface area contributed by atoms with Crippen molar-refractivity contribution in [2.75, 3.05) is 6.61 Å². The molecular weight excluding hydrogens is 364 g/mol. The van der Waals surface area contributed by atoms with Gasteiger partial charge in [-0.2, -0.15) is 5.10 Å². The first-order chi connectivity index (χ1) is 13.0. The van der Waals surface area contributed by atoms with Crippen LogP contribution in [0.15, 0.2) is 54.6 Å². The maximum atomic E-state index is 12.4. The molecule has 3 aromatic rings. The van der Waals surface area contributed by atoms with E-state index in [2.05, 4.69) is 5.10 Å². The molecule has 140 valence electrons. The summed E-state index contributed by atoms with van der Waals surface area (Å²) in [6.07, 6.45) is -0.732. The number of aliphatic hydroxyl groups is 1. The van der Waals surface area contributed by atoms with Crippen molar-refractivity contribution in [3.8, 4) is 5.75 Å². The molecule has 0 saturated heterocycles. The van der Waals surface area contributed by atoms with Crippen molar-refractivity contribution in [1.29, 1.82) is 0 Å². The number of carbonyl (C=O) groups is 1. The number of aryl methyl sites for hydroxylation is 1. The van der Waals surface area contributed by atoms with Crippen LogP contribution in [0.5, 0.6) is 5.75 Å². The summed E-state index contributed by atoms with van der Waals surface area (Å²) in [5.41, 5.74) is 2.79. The first-order valence-electron chi connectivity index (χ1n) is 8.66. The quantitative estimate of drug-likeness (QED) is 0.629. The second-order valence-electron chi connectivity index (χ2n) is 6.35. The highest BCUT2D eigenvalue weighted by molar-refractivity contribution is 6.31. The fourth-order valence-electron chi connectivity index (χ4n) is 2.76. The van der Waals surface area contributed by atoms with E-state index in [1.54, 1.807) is 41.1 Å². The second kappa shape index (κ2) is 8.37. The van der Waals surface area contributed by atoms with E-state index in [1.807, 2.05) is 32.0 Å². The number of hydrogen-bond acceptors (Lipinski definition) is 4. The van der Waals surface area contributed by atoms with Crippen LogP contribution in [0.25, 0.3) is 0 Å². The van der Waals surface area contributed by atoms with E-state index in [-0.39, 0.29) is 12.4 Å². The number of benzene rings is 2. The van der Waals surface area contributed by atoms with Crippen molar-refractivity contribution in [1.82, 2.24) is 9.78 Å². The first kappa shape index (κ1) is 19.1. The van der Waals surface area contributed by atoms with Gasteiger partial charge in [0.15, 0.2) is 5.78 Å². The summed E-state index contributed by atoms with van der Waals surface area (Å²) in [5.74, 6) is 0.550. The van der Waals surface area contributed by atoms with Gasteiger partial charge in [-0.15, -0.1) is 0 Å². The molecule has 0 bridgehead atoms. The van der Waals surface area contributed by atoms with E-state index in [1.165, 1.54) is 0 Å². The van der Waals surface area contributed by atoms with Gasteiger partial charge in [-0.3, -0.25) is 9.48 Å².